The van der Waals surface area contributed by atoms with Crippen LogP contribution in [0, 0.1) is 0 Å². The molecule has 1 N–H and O–H groups in total. The summed E-state index contributed by atoms with van der Waals surface area (Å²) >= 11 is 12.9. The van der Waals surface area contributed by atoms with E-state index < -0.39 is 28.5 Å². The Morgan fingerprint density at radius 3 is 2.36 bits per heavy atom. The van der Waals surface area contributed by atoms with Gasteiger partial charge in [0.05, 0.1) is 11.9 Å². The molecule has 2 aromatic carbocycles. The van der Waals surface area contributed by atoms with Crippen LogP contribution in [0.2, 0.25) is 10.0 Å². The SMILES string of the molecule is CC[C@@H](C(=O)NC1CCCCC1)N(Cc1c(Cl)cccc1Cl)C(=O)CN(c1ccc2c(c1)OCO2)S(C)(=O)=O. The van der Waals surface area contributed by atoms with Gasteiger partial charge in [-0.25, -0.2) is 8.42 Å². The first-order valence-corrected chi connectivity index (χ1v) is 15.6. The van der Waals surface area contributed by atoms with Crippen molar-refractivity contribution in [3.8, 4) is 11.5 Å². The van der Waals surface area contributed by atoms with Crippen molar-refractivity contribution < 1.29 is 27.5 Å². The Kier molecular flexibility index (Phi) is 9.51. The lowest BCUT2D eigenvalue weighted by Gasteiger charge is -2.34. The van der Waals surface area contributed by atoms with E-state index in [0.717, 1.165) is 42.7 Å². The lowest BCUT2D eigenvalue weighted by molar-refractivity contribution is -0.140. The minimum atomic E-state index is -3.89. The number of sulfonamides is 1. The molecular weight excluding hydrogens is 565 g/mol. The maximum Gasteiger partial charge on any atom is 0.244 e. The second-order valence-electron chi connectivity index (χ2n) is 9.80. The summed E-state index contributed by atoms with van der Waals surface area (Å²) in [7, 11) is -3.89. The van der Waals surface area contributed by atoms with Gasteiger partial charge in [0.25, 0.3) is 0 Å². The molecule has 39 heavy (non-hydrogen) atoms. The van der Waals surface area contributed by atoms with Gasteiger partial charge in [-0.15, -0.1) is 0 Å². The average Bonchev–Trinajstić information content (AvgIpc) is 3.36. The normalized spacial score (nSPS) is 16.0. The molecule has 1 aliphatic heterocycles. The minimum absolute atomic E-state index is 0.0250. The molecule has 2 aromatic rings. The molecule has 9 nitrogen and oxygen atoms in total. The van der Waals surface area contributed by atoms with Crippen molar-refractivity contribution in [2.24, 2.45) is 0 Å². The topological polar surface area (TPSA) is 105 Å². The Balaban J connectivity index is 1.65. The van der Waals surface area contributed by atoms with Gasteiger partial charge in [-0.05, 0) is 43.5 Å². The number of nitrogens with zero attached hydrogens (tertiary/aromatic N) is 2. The van der Waals surface area contributed by atoms with Crippen LogP contribution >= 0.6 is 23.2 Å². The number of anilines is 1. The van der Waals surface area contributed by atoms with Crippen LogP contribution in [0.5, 0.6) is 11.5 Å². The highest BCUT2D eigenvalue weighted by Crippen LogP contribution is 2.36. The smallest absolute Gasteiger partial charge is 0.244 e. The molecule has 0 aromatic heterocycles. The zero-order chi connectivity index (χ0) is 28.2. The number of hydrogen-bond donors (Lipinski definition) is 1. The number of nitrogens with one attached hydrogen (secondary N) is 1. The molecule has 0 bridgehead atoms. The molecule has 0 unspecified atom stereocenters. The van der Waals surface area contributed by atoms with Gasteiger partial charge in [-0.1, -0.05) is 55.5 Å². The third kappa shape index (κ3) is 7.10. The van der Waals surface area contributed by atoms with Crippen LogP contribution in [0.1, 0.15) is 51.0 Å². The summed E-state index contributed by atoms with van der Waals surface area (Å²) in [4.78, 5) is 28.8. The molecule has 1 aliphatic carbocycles. The van der Waals surface area contributed by atoms with Gasteiger partial charge in [0.15, 0.2) is 11.5 Å². The molecule has 1 heterocycles. The molecular formula is C27H33Cl2N3O6S. The van der Waals surface area contributed by atoms with Crippen molar-refractivity contribution >= 4 is 50.7 Å². The van der Waals surface area contributed by atoms with Gasteiger partial charge in [0, 0.05) is 34.3 Å². The molecule has 212 valence electrons. The van der Waals surface area contributed by atoms with E-state index in [0.29, 0.717) is 33.5 Å². The average molecular weight is 599 g/mol. The van der Waals surface area contributed by atoms with Gasteiger partial charge < -0.3 is 19.7 Å². The van der Waals surface area contributed by atoms with E-state index in [1.807, 2.05) is 6.92 Å². The second-order valence-corrected chi connectivity index (χ2v) is 12.5. The fraction of sp³-hybridized carbons (Fsp3) is 0.481. The molecule has 2 amide bonds. The first-order valence-electron chi connectivity index (χ1n) is 13.0. The molecule has 1 saturated carbocycles. The first kappa shape index (κ1) is 29.3. The highest BCUT2D eigenvalue weighted by Gasteiger charge is 2.34. The largest absolute Gasteiger partial charge is 0.454 e. The number of hydrogen-bond acceptors (Lipinski definition) is 6. The number of ether oxygens (including phenoxy) is 2. The highest BCUT2D eigenvalue weighted by atomic mass is 35.5. The van der Waals surface area contributed by atoms with Gasteiger partial charge in [-0.2, -0.15) is 0 Å². The minimum Gasteiger partial charge on any atom is -0.454 e. The van der Waals surface area contributed by atoms with Crippen molar-refractivity contribution in [2.75, 3.05) is 23.9 Å². The van der Waals surface area contributed by atoms with Crippen molar-refractivity contribution in [3.63, 3.8) is 0 Å². The Morgan fingerprint density at radius 2 is 1.72 bits per heavy atom. The maximum atomic E-state index is 13.9. The van der Waals surface area contributed by atoms with Gasteiger partial charge in [0.2, 0.25) is 28.6 Å². The fourth-order valence-electron chi connectivity index (χ4n) is 4.97. The summed E-state index contributed by atoms with van der Waals surface area (Å²) in [6, 6.07) is 8.84. The Bertz CT molecular complexity index is 1300. The molecule has 0 radical (unpaired) electrons. The molecule has 2 aliphatic rings. The summed E-state index contributed by atoms with van der Waals surface area (Å²) in [5, 5.41) is 3.79. The van der Waals surface area contributed by atoms with Crippen LogP contribution in [0.3, 0.4) is 0 Å². The van der Waals surface area contributed by atoms with Crippen molar-refractivity contribution in [1.29, 1.82) is 0 Å². The third-order valence-corrected chi connectivity index (χ3v) is 8.90. The Labute approximate surface area is 239 Å². The van der Waals surface area contributed by atoms with Gasteiger partial charge >= 0.3 is 0 Å². The predicted octanol–water partition coefficient (Wildman–Crippen LogP) is 4.74. The summed E-state index contributed by atoms with van der Waals surface area (Å²) in [5.41, 5.74) is 0.720. The maximum absolute atomic E-state index is 13.9. The van der Waals surface area contributed by atoms with E-state index in [-0.39, 0.29) is 31.0 Å². The van der Waals surface area contributed by atoms with Gasteiger partial charge in [0.1, 0.15) is 12.6 Å². The van der Waals surface area contributed by atoms with Crippen LogP contribution in [0.25, 0.3) is 0 Å². The number of carbonyl (C=O) groups is 2. The molecule has 0 saturated heterocycles. The zero-order valence-electron chi connectivity index (χ0n) is 22.0. The molecule has 12 heteroatoms. The summed E-state index contributed by atoms with van der Waals surface area (Å²) in [6.07, 6.45) is 6.33. The van der Waals surface area contributed by atoms with E-state index in [1.165, 1.54) is 11.0 Å². The summed E-state index contributed by atoms with van der Waals surface area (Å²) in [5.74, 6) is 0.0141. The van der Waals surface area contributed by atoms with E-state index in [4.69, 9.17) is 32.7 Å². The van der Waals surface area contributed by atoms with E-state index in [1.54, 1.807) is 30.3 Å². The third-order valence-electron chi connectivity index (χ3n) is 7.05. The van der Waals surface area contributed by atoms with Crippen molar-refractivity contribution in [1.82, 2.24) is 10.2 Å². The fourth-order valence-corrected chi connectivity index (χ4v) is 6.33. The molecule has 1 fully saturated rings. The van der Waals surface area contributed by atoms with Crippen LogP contribution in [-0.4, -0.2) is 56.8 Å². The number of halogens is 2. The highest BCUT2D eigenvalue weighted by molar-refractivity contribution is 7.92. The summed E-state index contributed by atoms with van der Waals surface area (Å²) in [6.45, 7) is 1.24. The van der Waals surface area contributed by atoms with Crippen molar-refractivity contribution in [3.05, 3.63) is 52.0 Å². The van der Waals surface area contributed by atoms with Crippen molar-refractivity contribution in [2.45, 2.75) is 64.1 Å². The van der Waals surface area contributed by atoms with Gasteiger partial charge in [-0.3, -0.25) is 13.9 Å². The molecule has 4 rings (SSSR count). The molecule has 1 atom stereocenters. The lowest BCUT2D eigenvalue weighted by atomic mass is 9.95. The summed E-state index contributed by atoms with van der Waals surface area (Å²) < 4.78 is 37.4. The zero-order valence-corrected chi connectivity index (χ0v) is 24.3. The number of rotatable bonds is 10. The second kappa shape index (κ2) is 12.7. The Morgan fingerprint density at radius 1 is 1.05 bits per heavy atom. The number of fused-ring (bicyclic) bond motifs is 1. The van der Waals surface area contributed by atoms with Crippen LogP contribution in [-0.2, 0) is 26.2 Å². The van der Waals surface area contributed by atoms with E-state index in [9.17, 15) is 18.0 Å². The number of amides is 2. The van der Waals surface area contributed by atoms with Crippen LogP contribution in [0.4, 0.5) is 5.69 Å². The number of carbonyl (C=O) groups excluding carboxylic acids is 2. The lowest BCUT2D eigenvalue weighted by Crippen LogP contribution is -2.54. The standard InChI is InChI=1S/C27H33Cl2N3O6S/c1-3-23(27(34)30-18-8-5-4-6-9-18)31(15-20-21(28)10-7-11-22(20)29)26(33)16-32(39(2,35)36)19-12-13-24-25(14-19)38-17-37-24/h7,10-14,18,23H,3-6,8-9,15-17H2,1-2H3,(H,30,34)/t23-/m0/s1. The van der Waals surface area contributed by atoms with Crippen LogP contribution in [0.15, 0.2) is 36.4 Å². The molecule has 0 spiro atoms. The van der Waals surface area contributed by atoms with Crippen LogP contribution < -0.4 is 19.1 Å². The van der Waals surface area contributed by atoms with E-state index >= 15 is 0 Å². The monoisotopic (exact) mass is 597 g/mol. The van der Waals surface area contributed by atoms with E-state index in [2.05, 4.69) is 5.32 Å². The number of benzene rings is 2. The predicted molar refractivity (Wildman–Crippen MR) is 151 cm³/mol. The first-order chi connectivity index (χ1) is 18.6. The quantitative estimate of drug-likeness (QED) is 0.424. The Hall–Kier alpha value is -2.69.